The van der Waals surface area contributed by atoms with Crippen molar-refractivity contribution in [3.63, 3.8) is 0 Å². The number of carbonyl (C=O) groups is 1. The number of piperidine rings is 1. The van der Waals surface area contributed by atoms with E-state index >= 15 is 0 Å². The molecule has 2 fully saturated rings. The van der Waals surface area contributed by atoms with Gasteiger partial charge in [-0.15, -0.1) is 11.3 Å². The molecule has 11 heteroatoms. The van der Waals surface area contributed by atoms with Crippen LogP contribution in [0.2, 0.25) is 0 Å². The second-order valence-electron chi connectivity index (χ2n) is 8.12. The lowest BCUT2D eigenvalue weighted by Crippen LogP contribution is -2.36. The van der Waals surface area contributed by atoms with Gasteiger partial charge in [-0.05, 0) is 32.0 Å². The van der Waals surface area contributed by atoms with Gasteiger partial charge < -0.3 is 20.5 Å². The zero-order valence-corrected chi connectivity index (χ0v) is 18.4. The molecule has 168 valence electrons. The van der Waals surface area contributed by atoms with Gasteiger partial charge >= 0.3 is 5.97 Å². The number of fused-ring (bicyclic) bond motifs is 1. The number of hydrogen-bond acceptors (Lipinski definition) is 10. The van der Waals surface area contributed by atoms with Crippen molar-refractivity contribution in [1.29, 1.82) is 0 Å². The van der Waals surface area contributed by atoms with E-state index in [1.807, 2.05) is 0 Å². The minimum absolute atomic E-state index is 0.215. The smallest absolute Gasteiger partial charge is 0.306 e. The number of thiophene rings is 1. The van der Waals surface area contributed by atoms with Gasteiger partial charge in [0.05, 0.1) is 34.9 Å². The molecule has 5 heterocycles. The molecule has 2 aliphatic rings. The predicted molar refractivity (Wildman–Crippen MR) is 122 cm³/mol. The Morgan fingerprint density at radius 1 is 1.16 bits per heavy atom. The number of nitrogens with zero attached hydrogens (tertiary/aromatic N) is 6. The second-order valence-corrected chi connectivity index (χ2v) is 9.25. The quantitative estimate of drug-likeness (QED) is 0.588. The Labute approximate surface area is 189 Å². The number of likely N-dealkylation sites (tertiary alicyclic amines) is 1. The number of anilines is 2. The lowest BCUT2D eigenvalue weighted by atomic mass is 9.97. The van der Waals surface area contributed by atoms with Gasteiger partial charge in [-0.2, -0.15) is 0 Å². The molecular formula is C21H25N7O3S. The largest absolute Gasteiger partial charge is 0.481 e. The predicted octanol–water partition coefficient (Wildman–Crippen LogP) is 1.86. The van der Waals surface area contributed by atoms with Crippen molar-refractivity contribution in [2.45, 2.75) is 19.4 Å². The molecule has 0 aliphatic carbocycles. The number of nitrogen functional groups attached to an aromatic ring is 1. The van der Waals surface area contributed by atoms with Crippen LogP contribution in [-0.2, 0) is 16.1 Å². The van der Waals surface area contributed by atoms with Crippen LogP contribution in [0.4, 0.5) is 11.8 Å². The molecule has 0 amide bonds. The molecule has 0 atom stereocenters. The van der Waals surface area contributed by atoms with E-state index < -0.39 is 5.97 Å². The van der Waals surface area contributed by atoms with Crippen molar-refractivity contribution < 1.29 is 14.6 Å². The first-order valence-electron chi connectivity index (χ1n) is 10.7. The number of rotatable bonds is 5. The van der Waals surface area contributed by atoms with Crippen LogP contribution in [0.3, 0.4) is 0 Å². The van der Waals surface area contributed by atoms with Crippen LogP contribution in [0.15, 0.2) is 18.5 Å². The summed E-state index contributed by atoms with van der Waals surface area (Å²) in [7, 11) is 0. The molecule has 2 aliphatic heterocycles. The Morgan fingerprint density at radius 2 is 1.88 bits per heavy atom. The van der Waals surface area contributed by atoms with E-state index in [4.69, 9.17) is 20.4 Å². The third kappa shape index (κ3) is 4.36. The summed E-state index contributed by atoms with van der Waals surface area (Å²) in [5.41, 5.74) is 7.26. The maximum absolute atomic E-state index is 11.2. The summed E-state index contributed by atoms with van der Waals surface area (Å²) in [6.45, 7) is 5.27. The number of aromatic nitrogens is 4. The number of morpholine rings is 1. The van der Waals surface area contributed by atoms with E-state index in [1.54, 1.807) is 23.7 Å². The van der Waals surface area contributed by atoms with Crippen molar-refractivity contribution in [1.82, 2.24) is 24.8 Å². The molecule has 32 heavy (non-hydrogen) atoms. The van der Waals surface area contributed by atoms with Crippen molar-refractivity contribution in [3.05, 3.63) is 23.3 Å². The van der Waals surface area contributed by atoms with E-state index in [0.717, 1.165) is 54.3 Å². The SMILES string of the molecule is Nc1ncc(-c2nc(N3CCOCC3)c3sc(CN4CCC(C(=O)O)CC4)cc3n2)cn1. The molecule has 3 N–H and O–H groups in total. The van der Waals surface area contributed by atoms with Gasteiger partial charge in [0.15, 0.2) is 11.6 Å². The molecule has 0 unspecified atom stereocenters. The average molecular weight is 456 g/mol. The highest BCUT2D eigenvalue weighted by Gasteiger charge is 2.25. The Kier molecular flexibility index (Phi) is 5.85. The number of carboxylic acids is 1. The van der Waals surface area contributed by atoms with Crippen LogP contribution < -0.4 is 10.6 Å². The molecule has 0 aromatic carbocycles. The van der Waals surface area contributed by atoms with Gasteiger partial charge in [0.2, 0.25) is 5.95 Å². The van der Waals surface area contributed by atoms with Crippen LogP contribution in [0.1, 0.15) is 17.7 Å². The topological polar surface area (TPSA) is 131 Å². The molecule has 3 aromatic rings. The normalized spacial score (nSPS) is 18.3. The van der Waals surface area contributed by atoms with E-state index in [0.29, 0.717) is 31.9 Å². The summed E-state index contributed by atoms with van der Waals surface area (Å²) < 4.78 is 6.59. The minimum Gasteiger partial charge on any atom is -0.481 e. The zero-order chi connectivity index (χ0) is 22.1. The summed E-state index contributed by atoms with van der Waals surface area (Å²) in [6, 6.07) is 2.12. The van der Waals surface area contributed by atoms with E-state index in [1.165, 1.54) is 4.88 Å². The molecule has 0 radical (unpaired) electrons. The molecule has 10 nitrogen and oxygen atoms in total. The standard InChI is InChI=1S/C21H25N7O3S/c22-21-23-10-14(11-24-21)18-25-16-9-15(12-27-3-1-13(2-4-27)20(29)30)32-17(16)19(26-18)28-5-7-31-8-6-28/h9-11,13H,1-8,12H2,(H,29,30)(H2,22,23,24). The third-order valence-corrected chi connectivity index (χ3v) is 7.07. The molecule has 5 rings (SSSR count). The molecule has 0 bridgehead atoms. The van der Waals surface area contributed by atoms with Gasteiger partial charge in [0, 0.05) is 36.9 Å². The van der Waals surface area contributed by atoms with Crippen molar-refractivity contribution >= 4 is 39.3 Å². The Morgan fingerprint density at radius 3 is 2.56 bits per heavy atom. The fraction of sp³-hybridized carbons (Fsp3) is 0.476. The lowest BCUT2D eigenvalue weighted by Gasteiger charge is -2.29. The first kappa shape index (κ1) is 21.0. The number of aliphatic carboxylic acids is 1. The summed E-state index contributed by atoms with van der Waals surface area (Å²) in [6.07, 6.45) is 4.68. The van der Waals surface area contributed by atoms with Gasteiger partial charge in [-0.1, -0.05) is 0 Å². The van der Waals surface area contributed by atoms with Crippen LogP contribution in [-0.4, -0.2) is 75.3 Å². The molecule has 3 aromatic heterocycles. The fourth-order valence-corrected chi connectivity index (χ4v) is 5.33. The van der Waals surface area contributed by atoms with Crippen LogP contribution >= 0.6 is 11.3 Å². The zero-order valence-electron chi connectivity index (χ0n) is 17.6. The first-order chi connectivity index (χ1) is 15.6. The second kappa shape index (κ2) is 8.93. The van der Waals surface area contributed by atoms with E-state index in [9.17, 15) is 9.90 Å². The summed E-state index contributed by atoms with van der Waals surface area (Å²) >= 11 is 1.71. The highest BCUT2D eigenvalue weighted by Crippen LogP contribution is 2.35. The monoisotopic (exact) mass is 455 g/mol. The number of carboxylic acid groups (broad SMARTS) is 1. The summed E-state index contributed by atoms with van der Waals surface area (Å²) in [5.74, 6) is 0.789. The highest BCUT2D eigenvalue weighted by atomic mass is 32.1. The van der Waals surface area contributed by atoms with Crippen LogP contribution in [0, 0.1) is 5.92 Å². The van der Waals surface area contributed by atoms with Gasteiger partial charge in [-0.3, -0.25) is 9.69 Å². The molecule has 0 spiro atoms. The van der Waals surface area contributed by atoms with Gasteiger partial charge in [0.1, 0.15) is 0 Å². The third-order valence-electron chi connectivity index (χ3n) is 5.96. The number of nitrogens with two attached hydrogens (primary N) is 1. The van der Waals surface area contributed by atoms with E-state index in [2.05, 4.69) is 25.8 Å². The molecule has 0 saturated carbocycles. The average Bonchev–Trinajstić information content (AvgIpc) is 3.22. The Hall–Kier alpha value is -2.89. The van der Waals surface area contributed by atoms with Gasteiger partial charge in [-0.25, -0.2) is 19.9 Å². The van der Waals surface area contributed by atoms with Crippen LogP contribution in [0.25, 0.3) is 21.6 Å². The maximum Gasteiger partial charge on any atom is 0.306 e. The van der Waals surface area contributed by atoms with Crippen molar-refractivity contribution in [3.8, 4) is 11.4 Å². The number of hydrogen-bond donors (Lipinski definition) is 2. The molecular weight excluding hydrogens is 430 g/mol. The highest BCUT2D eigenvalue weighted by molar-refractivity contribution is 7.19. The van der Waals surface area contributed by atoms with Crippen molar-refractivity contribution in [2.24, 2.45) is 5.92 Å². The van der Waals surface area contributed by atoms with Crippen LogP contribution in [0.5, 0.6) is 0 Å². The molecule has 2 saturated heterocycles. The minimum atomic E-state index is -0.684. The summed E-state index contributed by atoms with van der Waals surface area (Å²) in [4.78, 5) is 34.9. The first-order valence-corrected chi connectivity index (χ1v) is 11.5. The fourth-order valence-electron chi connectivity index (χ4n) is 4.17. The maximum atomic E-state index is 11.2. The Balaban J connectivity index is 1.46. The Bertz CT molecular complexity index is 1110. The van der Waals surface area contributed by atoms with Gasteiger partial charge in [0.25, 0.3) is 0 Å². The van der Waals surface area contributed by atoms with E-state index in [-0.39, 0.29) is 11.9 Å². The lowest BCUT2D eigenvalue weighted by molar-refractivity contribution is -0.143. The number of ether oxygens (including phenoxy) is 1. The summed E-state index contributed by atoms with van der Waals surface area (Å²) in [5, 5.41) is 9.24. The van der Waals surface area contributed by atoms with Crippen molar-refractivity contribution in [2.75, 3.05) is 50.0 Å².